The van der Waals surface area contributed by atoms with Crippen molar-refractivity contribution in [3.8, 4) is 5.75 Å². The molecule has 0 amide bonds. The van der Waals surface area contributed by atoms with Crippen LogP contribution in [0.3, 0.4) is 0 Å². The molecule has 20 heavy (non-hydrogen) atoms. The van der Waals surface area contributed by atoms with Gasteiger partial charge in [-0.05, 0) is 25.3 Å². The highest BCUT2D eigenvalue weighted by Crippen LogP contribution is 2.32. The average molecular weight is 277 g/mol. The van der Waals surface area contributed by atoms with E-state index in [-0.39, 0.29) is 17.7 Å². The number of rotatable bonds is 3. The number of hydrogen-bond acceptors (Lipinski definition) is 5. The lowest BCUT2D eigenvalue weighted by Gasteiger charge is -2.22. The van der Waals surface area contributed by atoms with Gasteiger partial charge in [0.15, 0.2) is 5.75 Å². The third kappa shape index (κ3) is 2.20. The maximum atomic E-state index is 11.0. The van der Waals surface area contributed by atoms with Crippen LogP contribution < -0.4 is 4.74 Å². The van der Waals surface area contributed by atoms with Gasteiger partial charge in [-0.2, -0.15) is 5.10 Å². The number of ether oxygens (including phenoxy) is 2. The molecule has 0 bridgehead atoms. The smallest absolute Gasteiger partial charge is 0.313 e. The van der Waals surface area contributed by atoms with Gasteiger partial charge >= 0.3 is 5.69 Å². The Hall–Kier alpha value is -2.15. The van der Waals surface area contributed by atoms with Crippen LogP contribution in [0, 0.1) is 10.1 Å². The van der Waals surface area contributed by atoms with E-state index in [2.05, 4.69) is 5.10 Å². The lowest BCUT2D eigenvalue weighted by Crippen LogP contribution is -2.18. The third-order valence-electron chi connectivity index (χ3n) is 3.47. The predicted octanol–water partition coefficient (Wildman–Crippen LogP) is 2.65. The molecule has 3 rings (SSSR count). The van der Waals surface area contributed by atoms with Crippen molar-refractivity contribution in [2.45, 2.75) is 25.5 Å². The molecule has 0 radical (unpaired) electrons. The summed E-state index contributed by atoms with van der Waals surface area (Å²) >= 11 is 0. The zero-order valence-corrected chi connectivity index (χ0v) is 11.1. The zero-order chi connectivity index (χ0) is 14.1. The quantitative estimate of drug-likeness (QED) is 0.636. The largest absolute Gasteiger partial charge is 0.490 e. The maximum absolute atomic E-state index is 11.0. The Morgan fingerprint density at radius 1 is 1.50 bits per heavy atom. The fourth-order valence-electron chi connectivity index (χ4n) is 2.44. The lowest BCUT2D eigenvalue weighted by molar-refractivity contribution is -0.385. The van der Waals surface area contributed by atoms with E-state index in [1.54, 1.807) is 10.7 Å². The van der Waals surface area contributed by atoms with Gasteiger partial charge in [0.1, 0.15) is 6.23 Å². The summed E-state index contributed by atoms with van der Waals surface area (Å²) in [4.78, 5) is 10.5. The lowest BCUT2D eigenvalue weighted by atomic mass is 10.2. The van der Waals surface area contributed by atoms with Crippen LogP contribution in [-0.4, -0.2) is 28.4 Å². The molecular formula is C13H15N3O4. The summed E-state index contributed by atoms with van der Waals surface area (Å²) in [6.07, 6.45) is 4.84. The summed E-state index contributed by atoms with van der Waals surface area (Å²) in [5.74, 6) is 0.242. The zero-order valence-electron chi connectivity index (χ0n) is 11.1. The van der Waals surface area contributed by atoms with Gasteiger partial charge in [0.05, 0.1) is 17.5 Å². The van der Waals surface area contributed by atoms with Crippen molar-refractivity contribution in [3.63, 3.8) is 0 Å². The number of fused-ring (bicyclic) bond motifs is 1. The van der Waals surface area contributed by atoms with Gasteiger partial charge in [-0.3, -0.25) is 10.1 Å². The van der Waals surface area contributed by atoms with E-state index in [4.69, 9.17) is 9.47 Å². The molecule has 0 spiro atoms. The molecule has 0 saturated carbocycles. The number of nitro benzene ring substituents is 1. The molecule has 1 fully saturated rings. The molecule has 106 valence electrons. The Bertz CT molecular complexity index is 646. The summed E-state index contributed by atoms with van der Waals surface area (Å²) in [6.45, 7) is 0.727. The molecule has 0 aliphatic carbocycles. The van der Waals surface area contributed by atoms with Gasteiger partial charge in [-0.25, -0.2) is 4.68 Å². The minimum absolute atomic E-state index is 0.0742. The van der Waals surface area contributed by atoms with Crippen molar-refractivity contribution in [2.24, 2.45) is 0 Å². The van der Waals surface area contributed by atoms with Gasteiger partial charge in [-0.15, -0.1) is 0 Å². The van der Waals surface area contributed by atoms with Gasteiger partial charge in [0.25, 0.3) is 0 Å². The molecule has 7 nitrogen and oxygen atoms in total. The monoisotopic (exact) mass is 277 g/mol. The number of benzene rings is 1. The van der Waals surface area contributed by atoms with Crippen LogP contribution in [0.5, 0.6) is 5.75 Å². The number of nitrogens with zero attached hydrogens (tertiary/aromatic N) is 3. The van der Waals surface area contributed by atoms with Crippen LogP contribution >= 0.6 is 0 Å². The van der Waals surface area contributed by atoms with E-state index in [0.29, 0.717) is 5.52 Å². The number of nitro groups is 1. The van der Waals surface area contributed by atoms with Crippen LogP contribution in [0.15, 0.2) is 18.3 Å². The van der Waals surface area contributed by atoms with Gasteiger partial charge < -0.3 is 9.47 Å². The van der Waals surface area contributed by atoms with Crippen LogP contribution in [0.4, 0.5) is 5.69 Å². The topological polar surface area (TPSA) is 79.4 Å². The molecule has 1 aromatic carbocycles. The predicted molar refractivity (Wildman–Crippen MR) is 71.8 cm³/mol. The molecule has 1 aliphatic heterocycles. The Balaban J connectivity index is 2.03. The Labute approximate surface area is 115 Å². The first-order valence-corrected chi connectivity index (χ1v) is 6.52. The van der Waals surface area contributed by atoms with E-state index < -0.39 is 4.92 Å². The van der Waals surface area contributed by atoms with Crippen molar-refractivity contribution in [1.29, 1.82) is 0 Å². The fourth-order valence-corrected chi connectivity index (χ4v) is 2.44. The van der Waals surface area contributed by atoms with Crippen molar-refractivity contribution in [1.82, 2.24) is 9.78 Å². The molecule has 7 heteroatoms. The van der Waals surface area contributed by atoms with Gasteiger partial charge in [0.2, 0.25) is 0 Å². The fraction of sp³-hybridized carbons (Fsp3) is 0.462. The first kappa shape index (κ1) is 12.9. The van der Waals surface area contributed by atoms with Crippen molar-refractivity contribution >= 4 is 16.6 Å². The molecular weight excluding hydrogens is 262 g/mol. The third-order valence-corrected chi connectivity index (χ3v) is 3.47. The Kier molecular flexibility index (Phi) is 3.27. The second-order valence-electron chi connectivity index (χ2n) is 4.77. The SMILES string of the molecule is COc1cc2cn(C3CCCCO3)nc2cc1[N+](=O)[O-]. The molecule has 2 aromatic rings. The molecule has 1 saturated heterocycles. The van der Waals surface area contributed by atoms with Crippen molar-refractivity contribution in [3.05, 3.63) is 28.4 Å². The highest BCUT2D eigenvalue weighted by Gasteiger charge is 2.21. The van der Waals surface area contributed by atoms with E-state index in [9.17, 15) is 10.1 Å². The highest BCUT2D eigenvalue weighted by molar-refractivity contribution is 5.83. The van der Waals surface area contributed by atoms with Crippen LogP contribution in [-0.2, 0) is 4.74 Å². The second kappa shape index (κ2) is 5.09. The normalized spacial score (nSPS) is 19.1. The van der Waals surface area contributed by atoms with Gasteiger partial charge in [-0.1, -0.05) is 0 Å². The molecule has 1 unspecified atom stereocenters. The van der Waals surface area contributed by atoms with Gasteiger partial charge in [0, 0.05) is 24.3 Å². The minimum Gasteiger partial charge on any atom is -0.490 e. The molecule has 0 N–H and O–H groups in total. The van der Waals surface area contributed by atoms with E-state index in [1.165, 1.54) is 13.2 Å². The average Bonchev–Trinajstić information content (AvgIpc) is 2.89. The molecule has 1 atom stereocenters. The summed E-state index contributed by atoms with van der Waals surface area (Å²) < 4.78 is 12.5. The van der Waals surface area contributed by atoms with Crippen LogP contribution in [0.25, 0.3) is 10.9 Å². The Morgan fingerprint density at radius 2 is 2.35 bits per heavy atom. The van der Waals surface area contributed by atoms with Crippen molar-refractivity contribution < 1.29 is 14.4 Å². The first-order chi connectivity index (χ1) is 9.69. The van der Waals surface area contributed by atoms with E-state index in [1.807, 2.05) is 6.20 Å². The summed E-state index contributed by atoms with van der Waals surface area (Å²) in [5.41, 5.74) is 0.501. The summed E-state index contributed by atoms with van der Waals surface area (Å²) in [5, 5.41) is 16.2. The second-order valence-corrected chi connectivity index (χ2v) is 4.77. The van der Waals surface area contributed by atoms with Crippen LogP contribution in [0.1, 0.15) is 25.5 Å². The minimum atomic E-state index is -0.464. The molecule has 2 heterocycles. The molecule has 1 aromatic heterocycles. The number of methoxy groups -OCH3 is 1. The molecule has 1 aliphatic rings. The summed E-state index contributed by atoms with van der Waals surface area (Å²) in [6, 6.07) is 3.08. The standard InChI is InChI=1S/C13H15N3O4/c1-19-12-6-9-8-15(13-4-2-3-5-20-13)14-10(9)7-11(12)16(17)18/h6-8,13H,2-5H2,1H3. The van der Waals surface area contributed by atoms with Crippen molar-refractivity contribution in [2.75, 3.05) is 13.7 Å². The first-order valence-electron chi connectivity index (χ1n) is 6.52. The van der Waals surface area contributed by atoms with E-state index in [0.717, 1.165) is 31.3 Å². The maximum Gasteiger partial charge on any atom is 0.313 e. The summed E-state index contributed by atoms with van der Waals surface area (Å²) in [7, 11) is 1.42. The van der Waals surface area contributed by atoms with E-state index >= 15 is 0 Å². The number of hydrogen-bond donors (Lipinski definition) is 0. The highest BCUT2D eigenvalue weighted by atomic mass is 16.6. The Morgan fingerprint density at radius 3 is 3.00 bits per heavy atom. The van der Waals surface area contributed by atoms with Crippen LogP contribution in [0.2, 0.25) is 0 Å². The number of aromatic nitrogens is 2.